The lowest BCUT2D eigenvalue weighted by Crippen LogP contribution is -2.41. The molecule has 1 N–H and O–H groups in total. The minimum absolute atomic E-state index is 0.0829. The molecule has 1 heterocycles. The minimum atomic E-state index is 0.0829. The van der Waals surface area contributed by atoms with Crippen LogP contribution in [0, 0.1) is 0 Å². The lowest BCUT2D eigenvalue weighted by atomic mass is 10.1. The fourth-order valence-corrected chi connectivity index (χ4v) is 2.74. The van der Waals surface area contributed by atoms with Crippen LogP contribution in [0.15, 0.2) is 54.9 Å². The summed E-state index contributed by atoms with van der Waals surface area (Å²) >= 11 is 5.57. The molecule has 4 heteroatoms. The molecular weight excluding hydrogens is 280 g/mol. The number of hydrogen-bond donors (Lipinski definition) is 1. The van der Waals surface area contributed by atoms with E-state index < -0.39 is 0 Å². The molecule has 2 aromatic rings. The fraction of sp³-hybridized carbons (Fsp3) is 0.294. The van der Waals surface area contributed by atoms with Crippen molar-refractivity contribution in [1.29, 1.82) is 0 Å². The van der Waals surface area contributed by atoms with E-state index in [0.29, 0.717) is 6.54 Å². The summed E-state index contributed by atoms with van der Waals surface area (Å²) in [5.74, 6) is 0. The van der Waals surface area contributed by atoms with Crippen molar-refractivity contribution in [3.05, 3.63) is 66.0 Å². The number of benzene rings is 1. The number of thiocarbonyl (C=S) groups is 1. The molecule has 2 rings (SSSR count). The third-order valence-corrected chi connectivity index (χ3v) is 3.89. The van der Waals surface area contributed by atoms with Gasteiger partial charge in [0.1, 0.15) is 4.99 Å². The van der Waals surface area contributed by atoms with Gasteiger partial charge in [0.2, 0.25) is 0 Å². The molecule has 0 aliphatic rings. The maximum absolute atomic E-state index is 9.33. The molecule has 110 valence electrons. The van der Waals surface area contributed by atoms with E-state index in [9.17, 15) is 5.11 Å². The van der Waals surface area contributed by atoms with Crippen LogP contribution < -0.4 is 0 Å². The van der Waals surface area contributed by atoms with Crippen LogP contribution in [0.4, 0.5) is 0 Å². The topological polar surface area (TPSA) is 36.4 Å². The van der Waals surface area contributed by atoms with Crippen molar-refractivity contribution in [3.63, 3.8) is 0 Å². The Kier molecular flexibility index (Phi) is 5.84. The van der Waals surface area contributed by atoms with Crippen LogP contribution in [0.1, 0.15) is 18.1 Å². The van der Waals surface area contributed by atoms with Gasteiger partial charge in [-0.05, 0) is 31.0 Å². The van der Waals surface area contributed by atoms with Gasteiger partial charge < -0.3 is 10.0 Å². The summed E-state index contributed by atoms with van der Waals surface area (Å²) in [5.41, 5.74) is 2.18. The van der Waals surface area contributed by atoms with Gasteiger partial charge in [-0.1, -0.05) is 42.5 Å². The second kappa shape index (κ2) is 7.86. The molecule has 0 saturated carbocycles. The van der Waals surface area contributed by atoms with Crippen LogP contribution in [0.25, 0.3) is 0 Å². The van der Waals surface area contributed by atoms with Gasteiger partial charge in [-0.15, -0.1) is 0 Å². The highest BCUT2D eigenvalue weighted by molar-refractivity contribution is 7.80. The Labute approximate surface area is 131 Å². The highest BCUT2D eigenvalue weighted by atomic mass is 32.1. The van der Waals surface area contributed by atoms with E-state index in [4.69, 9.17) is 12.2 Å². The van der Waals surface area contributed by atoms with Gasteiger partial charge in [0, 0.05) is 30.5 Å². The number of nitrogens with zero attached hydrogens (tertiary/aromatic N) is 2. The van der Waals surface area contributed by atoms with Gasteiger partial charge >= 0.3 is 0 Å². The Morgan fingerprint density at radius 3 is 2.62 bits per heavy atom. The summed E-state index contributed by atoms with van der Waals surface area (Å²) in [4.78, 5) is 6.92. The third kappa shape index (κ3) is 4.34. The van der Waals surface area contributed by atoms with Crippen molar-refractivity contribution in [1.82, 2.24) is 9.88 Å². The second-order valence-electron chi connectivity index (χ2n) is 5.00. The lowest BCUT2D eigenvalue weighted by molar-refractivity contribution is 0.226. The number of aromatic nitrogens is 1. The number of rotatable bonds is 6. The van der Waals surface area contributed by atoms with E-state index in [1.165, 1.54) is 5.56 Å². The van der Waals surface area contributed by atoms with Gasteiger partial charge in [0.05, 0.1) is 6.61 Å². The summed E-state index contributed by atoms with van der Waals surface area (Å²) < 4.78 is 0. The summed E-state index contributed by atoms with van der Waals surface area (Å²) in [6, 6.07) is 14.4. The molecule has 0 bridgehead atoms. The summed E-state index contributed by atoms with van der Waals surface area (Å²) in [5, 5.41) is 9.33. The highest BCUT2D eigenvalue weighted by Gasteiger charge is 2.18. The first kappa shape index (κ1) is 15.6. The quantitative estimate of drug-likeness (QED) is 0.832. The van der Waals surface area contributed by atoms with Crippen LogP contribution in [0.2, 0.25) is 0 Å². The third-order valence-electron chi connectivity index (χ3n) is 3.42. The molecule has 0 amide bonds. The van der Waals surface area contributed by atoms with Crippen LogP contribution in [-0.4, -0.2) is 39.2 Å². The smallest absolute Gasteiger partial charge is 0.111 e. The van der Waals surface area contributed by atoms with Crippen LogP contribution >= 0.6 is 12.2 Å². The molecule has 1 unspecified atom stereocenters. The molecule has 0 aliphatic heterocycles. The highest BCUT2D eigenvalue weighted by Crippen LogP contribution is 2.13. The standard InChI is InChI=1S/C17H20N2OS/c1-14(12-15-6-3-2-4-7-15)19(10-11-20)17(21)16-8-5-9-18-13-16/h2-9,13-14,20H,10-12H2,1H3. The Balaban J connectivity index is 2.12. The van der Waals surface area contributed by atoms with Crippen LogP contribution in [0.3, 0.4) is 0 Å². The monoisotopic (exact) mass is 300 g/mol. The zero-order chi connectivity index (χ0) is 15.1. The average molecular weight is 300 g/mol. The Morgan fingerprint density at radius 1 is 1.24 bits per heavy atom. The molecule has 0 spiro atoms. The maximum atomic E-state index is 9.33. The Bertz CT molecular complexity index is 560. The Hall–Kier alpha value is -1.78. The molecule has 3 nitrogen and oxygen atoms in total. The van der Waals surface area contributed by atoms with Gasteiger partial charge in [-0.25, -0.2) is 0 Å². The molecule has 21 heavy (non-hydrogen) atoms. The maximum Gasteiger partial charge on any atom is 0.111 e. The summed E-state index contributed by atoms with van der Waals surface area (Å²) in [6.45, 7) is 2.74. The zero-order valence-corrected chi connectivity index (χ0v) is 13.0. The fourth-order valence-electron chi connectivity index (χ4n) is 2.35. The SMILES string of the molecule is CC(Cc1ccccc1)N(CCO)C(=S)c1cccnc1. The number of hydrogen-bond acceptors (Lipinski definition) is 3. The first-order chi connectivity index (χ1) is 10.2. The predicted molar refractivity (Wildman–Crippen MR) is 89.3 cm³/mol. The first-order valence-corrected chi connectivity index (χ1v) is 7.49. The van der Waals surface area contributed by atoms with E-state index in [2.05, 4.69) is 28.9 Å². The average Bonchev–Trinajstić information content (AvgIpc) is 2.53. The van der Waals surface area contributed by atoms with Crippen LogP contribution in [0.5, 0.6) is 0 Å². The van der Waals surface area contributed by atoms with Crippen LogP contribution in [-0.2, 0) is 6.42 Å². The molecule has 0 radical (unpaired) electrons. The summed E-state index contributed by atoms with van der Waals surface area (Å²) in [6.07, 6.45) is 4.39. The van der Waals surface area contributed by atoms with E-state index >= 15 is 0 Å². The van der Waals surface area contributed by atoms with Crippen molar-refractivity contribution in [3.8, 4) is 0 Å². The van der Waals surface area contributed by atoms with Gasteiger partial charge in [-0.2, -0.15) is 0 Å². The van der Waals surface area contributed by atoms with Crippen molar-refractivity contribution in [2.75, 3.05) is 13.2 Å². The van der Waals surface area contributed by atoms with Crippen molar-refractivity contribution < 1.29 is 5.11 Å². The molecule has 1 aromatic heterocycles. The van der Waals surface area contributed by atoms with E-state index in [0.717, 1.165) is 17.0 Å². The Morgan fingerprint density at radius 2 is 2.00 bits per heavy atom. The number of aliphatic hydroxyl groups excluding tert-OH is 1. The van der Waals surface area contributed by atoms with E-state index in [1.54, 1.807) is 12.4 Å². The number of aliphatic hydroxyl groups is 1. The number of pyridine rings is 1. The largest absolute Gasteiger partial charge is 0.395 e. The van der Waals surface area contributed by atoms with Gasteiger partial charge in [-0.3, -0.25) is 4.98 Å². The molecule has 0 aliphatic carbocycles. The van der Waals surface area contributed by atoms with Gasteiger partial charge in [0.25, 0.3) is 0 Å². The zero-order valence-electron chi connectivity index (χ0n) is 12.1. The van der Waals surface area contributed by atoms with Gasteiger partial charge in [0.15, 0.2) is 0 Å². The lowest BCUT2D eigenvalue weighted by Gasteiger charge is -2.31. The molecule has 0 fully saturated rings. The van der Waals surface area contributed by atoms with E-state index in [1.807, 2.05) is 30.3 Å². The minimum Gasteiger partial charge on any atom is -0.395 e. The first-order valence-electron chi connectivity index (χ1n) is 7.08. The van der Waals surface area contributed by atoms with E-state index in [-0.39, 0.29) is 12.6 Å². The molecule has 0 saturated heterocycles. The second-order valence-corrected chi connectivity index (χ2v) is 5.39. The molecule has 1 aromatic carbocycles. The predicted octanol–water partition coefficient (Wildman–Crippen LogP) is 2.68. The normalized spacial score (nSPS) is 11.9. The van der Waals surface area contributed by atoms with Crippen molar-refractivity contribution >= 4 is 17.2 Å². The van der Waals surface area contributed by atoms with Crippen molar-refractivity contribution in [2.24, 2.45) is 0 Å². The molecule has 1 atom stereocenters. The molecular formula is C17H20N2OS. The summed E-state index contributed by atoms with van der Waals surface area (Å²) in [7, 11) is 0. The van der Waals surface area contributed by atoms with Crippen molar-refractivity contribution in [2.45, 2.75) is 19.4 Å².